The molecule has 0 saturated heterocycles. The summed E-state index contributed by atoms with van der Waals surface area (Å²) in [5.41, 5.74) is 1.80. The van der Waals surface area contributed by atoms with Crippen molar-refractivity contribution in [1.29, 1.82) is 0 Å². The summed E-state index contributed by atoms with van der Waals surface area (Å²) in [6.45, 7) is 0.948. The molecule has 3 rings (SSSR count). The quantitative estimate of drug-likeness (QED) is 0.579. The zero-order chi connectivity index (χ0) is 22.3. The fraction of sp³-hybridized carbons (Fsp3) is 0.273. The van der Waals surface area contributed by atoms with E-state index in [9.17, 15) is 13.2 Å². The molecule has 0 spiro atoms. The van der Waals surface area contributed by atoms with Gasteiger partial charge in [-0.05, 0) is 67.8 Å². The Bertz CT molecular complexity index is 1100. The highest BCUT2D eigenvalue weighted by molar-refractivity contribution is 7.92. The van der Waals surface area contributed by atoms with E-state index in [1.165, 1.54) is 31.4 Å². The molecule has 1 aliphatic carbocycles. The zero-order valence-corrected chi connectivity index (χ0v) is 18.7. The number of carbonyl (C=O) groups is 1. The van der Waals surface area contributed by atoms with E-state index < -0.39 is 10.0 Å². The van der Waals surface area contributed by atoms with Gasteiger partial charge in [0.1, 0.15) is 10.6 Å². The van der Waals surface area contributed by atoms with E-state index in [0.717, 1.165) is 25.0 Å². The summed E-state index contributed by atoms with van der Waals surface area (Å²) >= 11 is 5.93. The number of halogens is 1. The molecule has 2 aromatic rings. The Hall–Kier alpha value is -2.84. The smallest absolute Gasteiger partial charge is 0.265 e. The summed E-state index contributed by atoms with van der Waals surface area (Å²) in [5.74, 6) is -0.0644. The van der Waals surface area contributed by atoms with Gasteiger partial charge in [-0.2, -0.15) is 0 Å². The van der Waals surface area contributed by atoms with Gasteiger partial charge in [0.15, 0.2) is 0 Å². The highest BCUT2D eigenvalue weighted by atomic mass is 35.5. The lowest BCUT2D eigenvalue weighted by Gasteiger charge is -2.12. The van der Waals surface area contributed by atoms with E-state index >= 15 is 0 Å². The van der Waals surface area contributed by atoms with Crippen LogP contribution in [0.2, 0.25) is 5.02 Å². The van der Waals surface area contributed by atoms with Crippen LogP contribution in [0.25, 0.3) is 0 Å². The van der Waals surface area contributed by atoms with Gasteiger partial charge < -0.3 is 10.1 Å². The first kappa shape index (κ1) is 22.8. The lowest BCUT2D eigenvalue weighted by Crippen LogP contribution is -2.26. The van der Waals surface area contributed by atoms with Crippen LogP contribution in [0.5, 0.6) is 5.75 Å². The summed E-state index contributed by atoms with van der Waals surface area (Å²) in [4.78, 5) is 16.7. The average Bonchev–Trinajstić information content (AvgIpc) is 2.77. The van der Waals surface area contributed by atoms with Gasteiger partial charge in [0.25, 0.3) is 15.9 Å². The maximum absolute atomic E-state index is 12.7. The number of nitrogens with zero attached hydrogens (tertiary/aromatic N) is 1. The van der Waals surface area contributed by atoms with Crippen molar-refractivity contribution in [3.63, 3.8) is 0 Å². The molecule has 0 bridgehead atoms. The van der Waals surface area contributed by atoms with Gasteiger partial charge in [0, 0.05) is 28.5 Å². The number of nitrogens with one attached hydrogen (secondary N) is 2. The molecule has 0 fully saturated rings. The lowest BCUT2D eigenvalue weighted by atomic mass is 10.1. The van der Waals surface area contributed by atoms with E-state index in [0.29, 0.717) is 24.3 Å². The van der Waals surface area contributed by atoms with E-state index in [1.807, 2.05) is 6.08 Å². The first-order valence-corrected chi connectivity index (χ1v) is 11.7. The second kappa shape index (κ2) is 10.5. The maximum Gasteiger partial charge on any atom is 0.265 e. The van der Waals surface area contributed by atoms with Crippen LogP contribution in [0.3, 0.4) is 0 Å². The number of aliphatic imine (C=N–C) groups is 1. The Morgan fingerprint density at radius 3 is 2.65 bits per heavy atom. The molecular weight excluding hydrogens is 438 g/mol. The van der Waals surface area contributed by atoms with Crippen molar-refractivity contribution >= 4 is 38.9 Å². The largest absolute Gasteiger partial charge is 0.495 e. The van der Waals surface area contributed by atoms with Crippen LogP contribution in [0, 0.1) is 0 Å². The van der Waals surface area contributed by atoms with Gasteiger partial charge >= 0.3 is 0 Å². The zero-order valence-electron chi connectivity index (χ0n) is 17.1. The minimum absolute atomic E-state index is 0.0706. The van der Waals surface area contributed by atoms with Gasteiger partial charge in [-0.3, -0.25) is 14.5 Å². The number of hydrogen-bond donors (Lipinski definition) is 2. The second-order valence-corrected chi connectivity index (χ2v) is 8.99. The minimum atomic E-state index is -3.92. The SMILES string of the molecule is COc1ccc(Cl)cc1S(=O)(=O)Nc1ccc(C(=O)NCCN=C2C=CCCC2)cc1. The van der Waals surface area contributed by atoms with Gasteiger partial charge in [-0.25, -0.2) is 8.42 Å². The highest BCUT2D eigenvalue weighted by Crippen LogP contribution is 2.28. The molecule has 1 amide bonds. The topological polar surface area (TPSA) is 96.9 Å². The maximum atomic E-state index is 12.7. The Morgan fingerprint density at radius 1 is 1.19 bits per heavy atom. The molecule has 2 aromatic carbocycles. The number of benzene rings is 2. The predicted molar refractivity (Wildman–Crippen MR) is 123 cm³/mol. The lowest BCUT2D eigenvalue weighted by molar-refractivity contribution is 0.0955. The van der Waals surface area contributed by atoms with Crippen LogP contribution >= 0.6 is 11.6 Å². The average molecular weight is 462 g/mol. The Balaban J connectivity index is 1.59. The summed E-state index contributed by atoms with van der Waals surface area (Å²) in [6.07, 6.45) is 7.32. The summed E-state index contributed by atoms with van der Waals surface area (Å²) in [6, 6.07) is 10.5. The van der Waals surface area contributed by atoms with Crippen molar-refractivity contribution in [1.82, 2.24) is 5.32 Å². The number of rotatable bonds is 8. The molecule has 164 valence electrons. The number of anilines is 1. The minimum Gasteiger partial charge on any atom is -0.495 e. The summed E-state index contributed by atoms with van der Waals surface area (Å²) in [7, 11) is -2.54. The van der Waals surface area contributed by atoms with Crippen LogP contribution in [0.4, 0.5) is 5.69 Å². The molecule has 0 aliphatic heterocycles. The van der Waals surface area contributed by atoms with Crippen LogP contribution in [0.1, 0.15) is 29.6 Å². The van der Waals surface area contributed by atoms with Gasteiger partial charge in [-0.1, -0.05) is 17.7 Å². The monoisotopic (exact) mass is 461 g/mol. The molecule has 2 N–H and O–H groups in total. The number of methoxy groups -OCH3 is 1. The summed E-state index contributed by atoms with van der Waals surface area (Å²) < 4.78 is 33.0. The van der Waals surface area contributed by atoms with Crippen molar-refractivity contribution in [3.05, 3.63) is 65.2 Å². The van der Waals surface area contributed by atoms with Crippen molar-refractivity contribution in [3.8, 4) is 5.75 Å². The molecule has 0 atom stereocenters. The third-order valence-corrected chi connectivity index (χ3v) is 6.28. The van der Waals surface area contributed by atoms with Crippen molar-refractivity contribution in [2.75, 3.05) is 24.9 Å². The first-order chi connectivity index (χ1) is 14.9. The number of hydrogen-bond acceptors (Lipinski definition) is 5. The molecule has 0 saturated carbocycles. The van der Waals surface area contributed by atoms with Gasteiger partial charge in [-0.15, -0.1) is 0 Å². The first-order valence-electron chi connectivity index (χ1n) is 9.83. The van der Waals surface area contributed by atoms with Crippen LogP contribution in [-0.4, -0.2) is 40.2 Å². The van der Waals surface area contributed by atoms with Gasteiger partial charge in [0.2, 0.25) is 0 Å². The van der Waals surface area contributed by atoms with Crippen LogP contribution in [0.15, 0.2) is 64.5 Å². The third-order valence-electron chi connectivity index (χ3n) is 4.64. The highest BCUT2D eigenvalue weighted by Gasteiger charge is 2.20. The number of sulfonamides is 1. The molecule has 31 heavy (non-hydrogen) atoms. The molecule has 1 aliphatic rings. The van der Waals surface area contributed by atoms with E-state index in [4.69, 9.17) is 16.3 Å². The van der Waals surface area contributed by atoms with Crippen LogP contribution in [-0.2, 0) is 10.0 Å². The Morgan fingerprint density at radius 2 is 1.97 bits per heavy atom. The number of ether oxygens (including phenoxy) is 1. The molecule has 0 aromatic heterocycles. The van der Waals surface area contributed by atoms with Crippen LogP contribution < -0.4 is 14.8 Å². The fourth-order valence-corrected chi connectivity index (χ4v) is 4.56. The number of amides is 1. The standard InChI is InChI=1S/C22H24ClN3O4S/c1-30-20-12-9-17(23)15-21(20)31(28,29)26-19-10-7-16(8-11-19)22(27)25-14-13-24-18-5-3-2-4-6-18/h3,5,7-12,15,26H,2,4,6,13-14H2,1H3,(H,25,27). The van der Waals surface area contributed by atoms with Crippen molar-refractivity contribution in [2.45, 2.75) is 24.2 Å². The van der Waals surface area contributed by atoms with Gasteiger partial charge in [0.05, 0.1) is 13.7 Å². The normalized spacial score (nSPS) is 15.0. The molecule has 9 heteroatoms. The Kier molecular flexibility index (Phi) is 7.70. The third kappa shape index (κ3) is 6.32. The number of carbonyl (C=O) groups excluding carboxylic acids is 1. The number of allylic oxidation sites excluding steroid dienone is 2. The summed E-state index contributed by atoms with van der Waals surface area (Å²) in [5, 5.41) is 3.09. The van der Waals surface area contributed by atoms with E-state index in [-0.39, 0.29) is 21.6 Å². The van der Waals surface area contributed by atoms with Crippen molar-refractivity contribution in [2.24, 2.45) is 4.99 Å². The fourth-order valence-electron chi connectivity index (χ4n) is 3.07. The Labute approximate surface area is 187 Å². The molecular formula is C22H24ClN3O4S. The second-order valence-electron chi connectivity index (χ2n) is 6.90. The molecule has 0 unspecified atom stereocenters. The van der Waals surface area contributed by atoms with E-state index in [2.05, 4.69) is 21.1 Å². The van der Waals surface area contributed by atoms with E-state index in [1.54, 1.807) is 18.2 Å². The molecule has 7 nitrogen and oxygen atoms in total. The molecule has 0 heterocycles. The predicted octanol–water partition coefficient (Wildman–Crippen LogP) is 4.06. The molecule has 0 radical (unpaired) electrons. The van der Waals surface area contributed by atoms with Crippen molar-refractivity contribution < 1.29 is 17.9 Å².